The van der Waals surface area contributed by atoms with Gasteiger partial charge < -0.3 is 4.90 Å². The van der Waals surface area contributed by atoms with Gasteiger partial charge in [0.1, 0.15) is 0 Å². The Balaban J connectivity index is 2.29. The first kappa shape index (κ1) is 18.2. The van der Waals surface area contributed by atoms with Crippen LogP contribution in [0, 0.1) is 13.8 Å². The van der Waals surface area contributed by atoms with E-state index in [2.05, 4.69) is 5.10 Å². The van der Waals surface area contributed by atoms with E-state index in [1.807, 2.05) is 27.8 Å². The van der Waals surface area contributed by atoms with Crippen LogP contribution in [-0.2, 0) is 17.1 Å². The third-order valence-electron chi connectivity index (χ3n) is 4.31. The number of nitrogens with two attached hydrogens (primary N) is 1. The molecule has 0 aliphatic heterocycles. The molecule has 0 unspecified atom stereocenters. The second-order valence-corrected chi connectivity index (χ2v) is 7.43. The van der Waals surface area contributed by atoms with Gasteiger partial charge in [-0.3, -0.25) is 9.48 Å². The van der Waals surface area contributed by atoms with Crippen LogP contribution in [0.3, 0.4) is 0 Å². The lowest BCUT2D eigenvalue weighted by molar-refractivity contribution is 0.0742. The fourth-order valence-corrected chi connectivity index (χ4v) is 3.27. The average molecular weight is 350 g/mol. The van der Waals surface area contributed by atoms with E-state index in [0.717, 1.165) is 17.0 Å². The van der Waals surface area contributed by atoms with Gasteiger partial charge >= 0.3 is 0 Å². The molecule has 0 spiro atoms. The summed E-state index contributed by atoms with van der Waals surface area (Å²) in [6.07, 6.45) is 0. The first-order valence-corrected chi connectivity index (χ1v) is 8.98. The fourth-order valence-electron chi connectivity index (χ4n) is 2.75. The van der Waals surface area contributed by atoms with Gasteiger partial charge in [0, 0.05) is 30.9 Å². The number of benzene rings is 1. The van der Waals surface area contributed by atoms with Gasteiger partial charge in [0.25, 0.3) is 5.91 Å². The van der Waals surface area contributed by atoms with E-state index in [0.29, 0.717) is 5.56 Å². The molecule has 24 heavy (non-hydrogen) atoms. The van der Waals surface area contributed by atoms with Gasteiger partial charge in [-0.2, -0.15) is 5.10 Å². The predicted molar refractivity (Wildman–Crippen MR) is 91.0 cm³/mol. The summed E-state index contributed by atoms with van der Waals surface area (Å²) in [5.74, 6) is -0.203. The SMILES string of the molecule is Cc1nn(C)c(C)c1[C@H](C)N(C)C(=O)c1ccc(S(N)(=O)=O)cc1. The number of rotatable bonds is 4. The Morgan fingerprint density at radius 1 is 1.25 bits per heavy atom. The number of carbonyl (C=O) groups excluding carboxylic acids is 1. The largest absolute Gasteiger partial charge is 0.335 e. The lowest BCUT2D eigenvalue weighted by Gasteiger charge is -2.25. The molecule has 0 radical (unpaired) electrons. The Labute approximate surface area is 142 Å². The van der Waals surface area contributed by atoms with Crippen molar-refractivity contribution >= 4 is 15.9 Å². The zero-order valence-corrected chi connectivity index (χ0v) is 15.3. The smallest absolute Gasteiger partial charge is 0.254 e. The van der Waals surface area contributed by atoms with Crippen molar-refractivity contribution in [3.05, 3.63) is 46.8 Å². The molecular formula is C16H22N4O3S. The first-order chi connectivity index (χ1) is 11.0. The van der Waals surface area contributed by atoms with Crippen LogP contribution in [-0.4, -0.2) is 36.1 Å². The van der Waals surface area contributed by atoms with Crippen LogP contribution >= 0.6 is 0 Å². The lowest BCUT2D eigenvalue weighted by atomic mass is 10.0. The van der Waals surface area contributed by atoms with E-state index in [1.54, 1.807) is 16.6 Å². The van der Waals surface area contributed by atoms with Crippen LogP contribution in [0.15, 0.2) is 29.2 Å². The van der Waals surface area contributed by atoms with E-state index in [4.69, 9.17) is 5.14 Å². The second-order valence-electron chi connectivity index (χ2n) is 5.87. The summed E-state index contributed by atoms with van der Waals surface area (Å²) in [7, 11) is -0.187. The number of hydrogen-bond donors (Lipinski definition) is 1. The van der Waals surface area contributed by atoms with Crippen LogP contribution < -0.4 is 5.14 Å². The van der Waals surface area contributed by atoms with E-state index in [1.165, 1.54) is 24.3 Å². The van der Waals surface area contributed by atoms with Gasteiger partial charge in [-0.05, 0) is 45.0 Å². The molecule has 2 aromatic rings. The summed E-state index contributed by atoms with van der Waals surface area (Å²) in [4.78, 5) is 14.3. The molecule has 7 nitrogen and oxygen atoms in total. The molecule has 0 bridgehead atoms. The Morgan fingerprint density at radius 2 is 1.79 bits per heavy atom. The van der Waals surface area contributed by atoms with Gasteiger partial charge in [0.05, 0.1) is 16.6 Å². The van der Waals surface area contributed by atoms with E-state index in [-0.39, 0.29) is 16.8 Å². The molecular weight excluding hydrogens is 328 g/mol. The number of aromatic nitrogens is 2. The average Bonchev–Trinajstić information content (AvgIpc) is 2.77. The van der Waals surface area contributed by atoms with Crippen LogP contribution in [0.5, 0.6) is 0 Å². The van der Waals surface area contributed by atoms with Crippen molar-refractivity contribution in [2.24, 2.45) is 12.2 Å². The summed E-state index contributed by atoms with van der Waals surface area (Å²) in [6.45, 7) is 5.82. The molecule has 0 fully saturated rings. The van der Waals surface area contributed by atoms with Crippen molar-refractivity contribution < 1.29 is 13.2 Å². The topological polar surface area (TPSA) is 98.3 Å². The van der Waals surface area contributed by atoms with Crippen LogP contribution in [0.2, 0.25) is 0 Å². The fraction of sp³-hybridized carbons (Fsp3) is 0.375. The van der Waals surface area contributed by atoms with Crippen LogP contribution in [0.25, 0.3) is 0 Å². The Bertz CT molecular complexity index is 869. The van der Waals surface area contributed by atoms with Crippen LogP contribution in [0.1, 0.15) is 40.3 Å². The summed E-state index contributed by atoms with van der Waals surface area (Å²) in [5.41, 5.74) is 3.29. The second kappa shape index (κ2) is 6.37. The molecule has 0 aliphatic carbocycles. The third-order valence-corrected chi connectivity index (χ3v) is 5.24. The molecule has 8 heteroatoms. The Hall–Kier alpha value is -2.19. The van der Waals surface area contributed by atoms with Gasteiger partial charge in [-0.25, -0.2) is 13.6 Å². The molecule has 0 saturated carbocycles. The maximum atomic E-state index is 12.7. The van der Waals surface area contributed by atoms with Crippen molar-refractivity contribution in [3.8, 4) is 0 Å². The zero-order valence-electron chi connectivity index (χ0n) is 14.4. The van der Waals surface area contributed by atoms with E-state index in [9.17, 15) is 13.2 Å². The Kier molecular flexibility index (Phi) is 4.82. The minimum Gasteiger partial charge on any atom is -0.335 e. The highest BCUT2D eigenvalue weighted by atomic mass is 32.2. The molecule has 2 N–H and O–H groups in total. The van der Waals surface area contributed by atoms with E-state index >= 15 is 0 Å². The third kappa shape index (κ3) is 3.34. The number of hydrogen-bond acceptors (Lipinski definition) is 4. The highest BCUT2D eigenvalue weighted by Crippen LogP contribution is 2.26. The molecule has 2 rings (SSSR count). The van der Waals surface area contributed by atoms with Gasteiger partial charge in [-0.1, -0.05) is 0 Å². The molecule has 1 aromatic heterocycles. The standard InChI is InChI=1S/C16H22N4O3S/c1-10-15(12(3)20(5)18-10)11(2)19(4)16(21)13-6-8-14(9-7-13)24(17,22)23/h6-9,11H,1-5H3,(H2,17,22,23)/t11-/m0/s1. The number of carbonyl (C=O) groups is 1. The number of sulfonamides is 1. The monoisotopic (exact) mass is 350 g/mol. The highest BCUT2D eigenvalue weighted by Gasteiger charge is 2.24. The Morgan fingerprint density at radius 3 is 2.21 bits per heavy atom. The molecule has 130 valence electrons. The minimum atomic E-state index is -3.77. The molecule has 0 aliphatic rings. The van der Waals surface area contributed by atoms with Crippen molar-refractivity contribution in [2.75, 3.05) is 7.05 Å². The molecule has 0 saturated heterocycles. The van der Waals surface area contributed by atoms with Crippen molar-refractivity contribution in [3.63, 3.8) is 0 Å². The summed E-state index contributed by atoms with van der Waals surface area (Å²) >= 11 is 0. The summed E-state index contributed by atoms with van der Waals surface area (Å²) in [6, 6.07) is 5.44. The van der Waals surface area contributed by atoms with Gasteiger partial charge in [0.2, 0.25) is 10.0 Å². The van der Waals surface area contributed by atoms with E-state index < -0.39 is 10.0 Å². The quantitative estimate of drug-likeness (QED) is 0.904. The maximum absolute atomic E-state index is 12.7. The normalized spacial score (nSPS) is 12.9. The predicted octanol–water partition coefficient (Wildman–Crippen LogP) is 1.52. The molecule has 1 atom stereocenters. The summed E-state index contributed by atoms with van der Waals surface area (Å²) in [5, 5.41) is 9.45. The molecule has 1 heterocycles. The van der Waals surface area contributed by atoms with Crippen LogP contribution in [0.4, 0.5) is 0 Å². The van der Waals surface area contributed by atoms with Crippen molar-refractivity contribution in [2.45, 2.75) is 31.7 Å². The molecule has 1 amide bonds. The van der Waals surface area contributed by atoms with Crippen molar-refractivity contribution in [1.29, 1.82) is 0 Å². The minimum absolute atomic E-state index is 0.0197. The lowest BCUT2D eigenvalue weighted by Crippen LogP contribution is -2.30. The van der Waals surface area contributed by atoms with Crippen molar-refractivity contribution in [1.82, 2.24) is 14.7 Å². The maximum Gasteiger partial charge on any atom is 0.254 e. The first-order valence-electron chi connectivity index (χ1n) is 7.44. The zero-order chi connectivity index (χ0) is 18.2. The number of nitrogens with zero attached hydrogens (tertiary/aromatic N) is 3. The highest BCUT2D eigenvalue weighted by molar-refractivity contribution is 7.89. The number of primary sulfonamides is 1. The van der Waals surface area contributed by atoms with Gasteiger partial charge in [-0.15, -0.1) is 0 Å². The van der Waals surface area contributed by atoms with Gasteiger partial charge in [0.15, 0.2) is 0 Å². The summed E-state index contributed by atoms with van der Waals surface area (Å²) < 4.78 is 24.4. The molecule has 1 aromatic carbocycles. The number of amides is 1. The number of aryl methyl sites for hydroxylation is 2.